The molecule has 2 heterocycles. The lowest BCUT2D eigenvalue weighted by molar-refractivity contribution is 0.633. The molecular weight excluding hydrogens is 657 g/mol. The average Bonchev–Trinajstić information content (AvgIpc) is 3.82. The van der Waals surface area contributed by atoms with Crippen LogP contribution in [0.5, 0.6) is 0 Å². The van der Waals surface area contributed by atoms with Crippen molar-refractivity contribution in [3.8, 4) is 33.4 Å². The van der Waals surface area contributed by atoms with Gasteiger partial charge in [0.25, 0.3) is 0 Å². The van der Waals surface area contributed by atoms with Crippen molar-refractivity contribution >= 4 is 87.0 Å². The molecule has 0 saturated heterocycles. The third-order valence-electron chi connectivity index (χ3n) is 11.4. The summed E-state index contributed by atoms with van der Waals surface area (Å²) in [5, 5.41) is 14.2. The topological polar surface area (TPSA) is 26.3 Å². The maximum Gasteiger partial charge on any atom is 0.179 e. The van der Waals surface area contributed by atoms with Crippen molar-refractivity contribution in [1.82, 2.24) is 0 Å². The van der Waals surface area contributed by atoms with E-state index in [0.29, 0.717) is 0 Å². The van der Waals surface area contributed by atoms with Gasteiger partial charge in [-0.15, -0.1) is 0 Å². The zero-order valence-corrected chi connectivity index (χ0v) is 29.1. The molecule has 0 radical (unpaired) electrons. The highest BCUT2D eigenvalue weighted by Gasteiger charge is 2.21. The molecule has 0 aliphatic rings. The van der Waals surface area contributed by atoms with Gasteiger partial charge in [-0.3, -0.25) is 0 Å². The van der Waals surface area contributed by atoms with Crippen molar-refractivity contribution in [1.29, 1.82) is 0 Å². The molecule has 0 atom stereocenters. The van der Waals surface area contributed by atoms with Crippen LogP contribution >= 0.6 is 0 Å². The Bertz CT molecular complexity index is 3430. The molecule has 0 unspecified atom stereocenters. The maximum atomic E-state index is 6.62. The summed E-state index contributed by atoms with van der Waals surface area (Å²) in [6, 6.07) is 65.7. The van der Waals surface area contributed by atoms with E-state index < -0.39 is 0 Å². The Kier molecular flexibility index (Phi) is 6.09. The number of hydrogen-bond acceptors (Lipinski definition) is 2. The van der Waals surface area contributed by atoms with Crippen LogP contribution in [-0.4, -0.2) is 0 Å². The minimum atomic E-state index is 0.801. The van der Waals surface area contributed by atoms with E-state index in [4.69, 9.17) is 8.83 Å². The van der Waals surface area contributed by atoms with Gasteiger partial charge < -0.3 is 8.83 Å². The lowest BCUT2D eigenvalue weighted by atomic mass is 9.85. The lowest BCUT2D eigenvalue weighted by Crippen LogP contribution is -1.90. The largest absolute Gasteiger partial charge is 0.452 e. The van der Waals surface area contributed by atoms with Gasteiger partial charge in [-0.1, -0.05) is 152 Å². The quantitative estimate of drug-likeness (QED) is 0.173. The molecule has 2 nitrogen and oxygen atoms in total. The van der Waals surface area contributed by atoms with Crippen LogP contribution in [0.3, 0.4) is 0 Å². The molecule has 0 spiro atoms. The van der Waals surface area contributed by atoms with Gasteiger partial charge >= 0.3 is 0 Å². The van der Waals surface area contributed by atoms with E-state index in [1.165, 1.54) is 70.9 Å². The standard InChI is InChI=1S/C52H30O2/c1-2-12-31(13-3-1)47-37-14-4-6-16-39(37)48(40-17-7-5-15-38(40)47)36-25-24-32-28-33(22-23-34(32)29-36)35-26-27-46-44(30-35)50-42-19-9-8-18-41(42)49-43-20-10-11-21-45(43)53-51(49)52(50)54-46/h1-30H. The van der Waals surface area contributed by atoms with E-state index in [-0.39, 0.29) is 0 Å². The maximum absolute atomic E-state index is 6.62. The smallest absolute Gasteiger partial charge is 0.179 e. The Hall–Kier alpha value is -7.16. The molecule has 0 saturated carbocycles. The summed E-state index contributed by atoms with van der Waals surface area (Å²) in [7, 11) is 0. The van der Waals surface area contributed by atoms with Crippen LogP contribution in [0.2, 0.25) is 0 Å². The molecule has 250 valence electrons. The van der Waals surface area contributed by atoms with Crippen LogP contribution in [-0.2, 0) is 0 Å². The van der Waals surface area contributed by atoms with Gasteiger partial charge in [-0.25, -0.2) is 0 Å². The Morgan fingerprint density at radius 2 is 0.685 bits per heavy atom. The molecule has 2 aromatic heterocycles. The van der Waals surface area contributed by atoms with Crippen LogP contribution in [0.4, 0.5) is 0 Å². The molecular formula is C52H30O2. The molecule has 0 amide bonds. The molecule has 0 bridgehead atoms. The van der Waals surface area contributed by atoms with Gasteiger partial charge in [-0.05, 0) is 107 Å². The monoisotopic (exact) mass is 686 g/mol. The molecule has 10 aromatic carbocycles. The second-order valence-electron chi connectivity index (χ2n) is 14.3. The van der Waals surface area contributed by atoms with Crippen LogP contribution in [0, 0.1) is 0 Å². The molecule has 0 aliphatic carbocycles. The normalized spacial score (nSPS) is 12.1. The molecule has 2 heteroatoms. The summed E-state index contributed by atoms with van der Waals surface area (Å²) >= 11 is 0. The first kappa shape index (κ1) is 29.4. The van der Waals surface area contributed by atoms with Crippen molar-refractivity contribution < 1.29 is 8.83 Å². The van der Waals surface area contributed by atoms with Crippen molar-refractivity contribution in [3.63, 3.8) is 0 Å². The first-order chi connectivity index (χ1) is 26.8. The van der Waals surface area contributed by atoms with E-state index in [2.05, 4.69) is 170 Å². The SMILES string of the molecule is c1ccc(-c2c3ccccc3c(-c3ccc4cc(-c5ccc6oc7c8oc9ccccc9c8c8ccccc8c7c6c5)ccc4c3)c3ccccc23)cc1. The summed E-state index contributed by atoms with van der Waals surface area (Å²) < 4.78 is 13.1. The lowest BCUT2D eigenvalue weighted by Gasteiger charge is -2.18. The highest BCUT2D eigenvalue weighted by molar-refractivity contribution is 6.33. The average molecular weight is 687 g/mol. The second kappa shape index (κ2) is 11.2. The van der Waals surface area contributed by atoms with Crippen molar-refractivity contribution in [3.05, 3.63) is 182 Å². The van der Waals surface area contributed by atoms with Crippen molar-refractivity contribution in [2.75, 3.05) is 0 Å². The molecule has 54 heavy (non-hydrogen) atoms. The third kappa shape index (κ3) is 4.17. The summed E-state index contributed by atoms with van der Waals surface area (Å²) in [5.74, 6) is 0. The first-order valence-electron chi connectivity index (χ1n) is 18.5. The third-order valence-corrected chi connectivity index (χ3v) is 11.4. The molecule has 0 fully saturated rings. The Morgan fingerprint density at radius 3 is 1.31 bits per heavy atom. The zero-order chi connectivity index (χ0) is 35.3. The van der Waals surface area contributed by atoms with Crippen LogP contribution < -0.4 is 0 Å². The predicted molar refractivity (Wildman–Crippen MR) is 227 cm³/mol. The van der Waals surface area contributed by atoms with E-state index in [9.17, 15) is 0 Å². The van der Waals surface area contributed by atoms with Crippen molar-refractivity contribution in [2.24, 2.45) is 0 Å². The van der Waals surface area contributed by atoms with E-state index >= 15 is 0 Å². The number of para-hydroxylation sites is 1. The highest BCUT2D eigenvalue weighted by atomic mass is 16.4. The van der Waals surface area contributed by atoms with E-state index in [1.54, 1.807) is 0 Å². The van der Waals surface area contributed by atoms with Gasteiger partial charge in [0, 0.05) is 21.5 Å². The Morgan fingerprint density at radius 1 is 0.259 bits per heavy atom. The van der Waals surface area contributed by atoms with Gasteiger partial charge in [0.15, 0.2) is 11.2 Å². The summed E-state index contributed by atoms with van der Waals surface area (Å²) in [5.41, 5.74) is 10.7. The fourth-order valence-corrected chi connectivity index (χ4v) is 9.03. The number of furan rings is 2. The number of rotatable bonds is 3. The van der Waals surface area contributed by atoms with Gasteiger partial charge in [0.1, 0.15) is 11.2 Å². The minimum Gasteiger partial charge on any atom is -0.452 e. The van der Waals surface area contributed by atoms with Crippen LogP contribution in [0.1, 0.15) is 0 Å². The van der Waals surface area contributed by atoms with Gasteiger partial charge in [0.2, 0.25) is 0 Å². The predicted octanol–water partition coefficient (Wildman–Crippen LogP) is 15.1. The zero-order valence-electron chi connectivity index (χ0n) is 29.1. The Labute approximate surface area is 310 Å². The van der Waals surface area contributed by atoms with Crippen LogP contribution in [0.25, 0.3) is 120 Å². The summed E-state index contributed by atoms with van der Waals surface area (Å²) in [4.78, 5) is 0. The first-order valence-corrected chi connectivity index (χ1v) is 18.5. The number of hydrogen-bond donors (Lipinski definition) is 0. The number of fused-ring (bicyclic) bond motifs is 13. The van der Waals surface area contributed by atoms with Crippen LogP contribution in [0.15, 0.2) is 191 Å². The van der Waals surface area contributed by atoms with Crippen molar-refractivity contribution in [2.45, 2.75) is 0 Å². The molecule has 12 rings (SSSR count). The minimum absolute atomic E-state index is 0.801. The highest BCUT2D eigenvalue weighted by Crippen LogP contribution is 2.46. The molecule has 0 aliphatic heterocycles. The number of benzene rings is 10. The van der Waals surface area contributed by atoms with Gasteiger partial charge in [-0.2, -0.15) is 0 Å². The summed E-state index contributed by atoms with van der Waals surface area (Å²) in [6.45, 7) is 0. The second-order valence-corrected chi connectivity index (χ2v) is 14.3. The van der Waals surface area contributed by atoms with E-state index in [0.717, 1.165) is 49.4 Å². The molecule has 12 aromatic rings. The summed E-state index contributed by atoms with van der Waals surface area (Å²) in [6.07, 6.45) is 0. The molecule has 0 N–H and O–H groups in total. The fraction of sp³-hybridized carbons (Fsp3) is 0. The fourth-order valence-electron chi connectivity index (χ4n) is 9.03. The van der Waals surface area contributed by atoms with E-state index in [1.807, 2.05) is 12.1 Å². The Balaban J connectivity index is 1.02. The van der Waals surface area contributed by atoms with Gasteiger partial charge in [0.05, 0.1) is 0 Å².